The highest BCUT2D eigenvalue weighted by atomic mass is 16.3. The van der Waals surface area contributed by atoms with Crippen LogP contribution in [0.1, 0.15) is 19.8 Å². The van der Waals surface area contributed by atoms with E-state index in [1.54, 1.807) is 19.1 Å². The van der Waals surface area contributed by atoms with Gasteiger partial charge in [0.25, 0.3) is 5.91 Å². The van der Waals surface area contributed by atoms with E-state index in [0.717, 1.165) is 40.0 Å². The monoisotopic (exact) mass is 403 g/mol. The highest BCUT2D eigenvalue weighted by Gasteiger charge is 2.56. The van der Waals surface area contributed by atoms with Crippen LogP contribution in [0.25, 0.3) is 22.3 Å². The molecule has 4 amide bonds. The van der Waals surface area contributed by atoms with Gasteiger partial charge in [0, 0.05) is 16.6 Å². The molecule has 1 atom stereocenters. The van der Waals surface area contributed by atoms with Gasteiger partial charge in [0.05, 0.1) is 0 Å². The Balaban J connectivity index is 1.25. The highest BCUT2D eigenvalue weighted by Crippen LogP contribution is 2.42. The van der Waals surface area contributed by atoms with Gasteiger partial charge in [-0.2, -0.15) is 0 Å². The van der Waals surface area contributed by atoms with Crippen molar-refractivity contribution in [1.29, 1.82) is 0 Å². The average molecular weight is 403 g/mol. The predicted octanol–water partition coefficient (Wildman–Crippen LogP) is 3.76. The topological polar surface area (TPSA) is 91.7 Å². The number of para-hydroxylation sites is 1. The summed E-state index contributed by atoms with van der Waals surface area (Å²) in [5.74, 6) is 0.154. The fourth-order valence-electron chi connectivity index (χ4n) is 3.98. The summed E-state index contributed by atoms with van der Waals surface area (Å²) in [7, 11) is 0. The van der Waals surface area contributed by atoms with Crippen molar-refractivity contribution >= 4 is 34.5 Å². The number of nitrogens with one attached hydrogen (secondary N) is 2. The van der Waals surface area contributed by atoms with E-state index in [2.05, 4.69) is 10.6 Å². The number of benzene rings is 2. The molecule has 0 spiro atoms. The van der Waals surface area contributed by atoms with Gasteiger partial charge in [-0.1, -0.05) is 18.2 Å². The number of carbonyl (C=O) groups excluding carboxylic acids is 3. The summed E-state index contributed by atoms with van der Waals surface area (Å²) in [6.07, 6.45) is 1.83. The lowest BCUT2D eigenvalue weighted by atomic mass is 9.96. The van der Waals surface area contributed by atoms with E-state index in [9.17, 15) is 14.4 Å². The number of fused-ring (bicyclic) bond motifs is 1. The summed E-state index contributed by atoms with van der Waals surface area (Å²) >= 11 is 0. The molecule has 1 aromatic heterocycles. The Bertz CT molecular complexity index is 1130. The first-order valence-electron chi connectivity index (χ1n) is 9.97. The van der Waals surface area contributed by atoms with Crippen molar-refractivity contribution in [2.24, 2.45) is 5.92 Å². The lowest BCUT2D eigenvalue weighted by Gasteiger charge is -2.20. The van der Waals surface area contributed by atoms with Crippen LogP contribution >= 0.6 is 0 Å². The molecule has 1 saturated carbocycles. The van der Waals surface area contributed by atoms with Crippen LogP contribution in [0.2, 0.25) is 0 Å². The van der Waals surface area contributed by atoms with Gasteiger partial charge < -0.3 is 15.1 Å². The van der Waals surface area contributed by atoms with E-state index in [1.807, 2.05) is 42.5 Å². The molecule has 0 radical (unpaired) electrons. The largest absolute Gasteiger partial charge is 0.456 e. The van der Waals surface area contributed by atoms with E-state index >= 15 is 0 Å². The summed E-state index contributed by atoms with van der Waals surface area (Å²) in [5, 5.41) is 6.51. The third-order valence-corrected chi connectivity index (χ3v) is 5.88. The second-order valence-corrected chi connectivity index (χ2v) is 8.07. The first kappa shape index (κ1) is 18.4. The van der Waals surface area contributed by atoms with Crippen molar-refractivity contribution in [3.05, 3.63) is 54.6 Å². The zero-order valence-electron chi connectivity index (χ0n) is 16.5. The highest BCUT2D eigenvalue weighted by molar-refractivity contribution is 6.10. The maximum Gasteiger partial charge on any atom is 0.325 e. The van der Waals surface area contributed by atoms with Crippen molar-refractivity contribution in [3.8, 4) is 11.3 Å². The molecule has 7 nitrogen and oxygen atoms in total. The van der Waals surface area contributed by atoms with Crippen LogP contribution in [0.3, 0.4) is 0 Å². The van der Waals surface area contributed by atoms with Crippen molar-refractivity contribution < 1.29 is 18.8 Å². The summed E-state index contributed by atoms with van der Waals surface area (Å²) in [6, 6.07) is 16.5. The number of urea groups is 1. The summed E-state index contributed by atoms with van der Waals surface area (Å²) in [5.41, 5.74) is 1.40. The molecule has 5 rings (SSSR count). The van der Waals surface area contributed by atoms with Gasteiger partial charge in [0.2, 0.25) is 5.91 Å². The van der Waals surface area contributed by atoms with Crippen LogP contribution in [0, 0.1) is 5.92 Å². The Labute approximate surface area is 173 Å². The minimum absolute atomic E-state index is 0.160. The number of rotatable bonds is 5. The van der Waals surface area contributed by atoms with Crippen LogP contribution in [0.4, 0.5) is 10.5 Å². The molecule has 30 heavy (non-hydrogen) atoms. The zero-order chi connectivity index (χ0) is 20.9. The molecular formula is C23H21N3O4. The minimum Gasteiger partial charge on any atom is -0.456 e. The van der Waals surface area contributed by atoms with Crippen LogP contribution in [0.5, 0.6) is 0 Å². The standard InChI is InChI=1S/C23H21N3O4/c1-23(16-8-9-16)21(28)26(22(29)25-23)13-20(27)24-17-10-6-14(7-11-17)19-12-15-4-2-3-5-18(15)30-19/h2-7,10-12,16H,8-9,13H2,1H3,(H,24,27)(H,25,29)/t23-/m0/s1. The van der Waals surface area contributed by atoms with Crippen LogP contribution in [-0.4, -0.2) is 34.8 Å². The normalized spacial score (nSPS) is 21.2. The molecule has 1 aliphatic carbocycles. The zero-order valence-corrected chi connectivity index (χ0v) is 16.5. The van der Waals surface area contributed by atoms with E-state index in [4.69, 9.17) is 4.42 Å². The Morgan fingerprint density at radius 3 is 2.60 bits per heavy atom. The number of amides is 4. The molecule has 2 heterocycles. The number of hydrogen-bond donors (Lipinski definition) is 2. The molecular weight excluding hydrogens is 382 g/mol. The van der Waals surface area contributed by atoms with E-state index in [1.165, 1.54) is 0 Å². The molecule has 2 N–H and O–H groups in total. The number of carbonyl (C=O) groups is 3. The Morgan fingerprint density at radius 1 is 1.17 bits per heavy atom. The lowest BCUT2D eigenvalue weighted by molar-refractivity contribution is -0.134. The Kier molecular flexibility index (Phi) is 4.13. The number of hydrogen-bond acceptors (Lipinski definition) is 4. The summed E-state index contributed by atoms with van der Waals surface area (Å²) in [6.45, 7) is 1.43. The first-order chi connectivity index (χ1) is 14.4. The second-order valence-electron chi connectivity index (χ2n) is 8.07. The summed E-state index contributed by atoms with van der Waals surface area (Å²) < 4.78 is 5.86. The van der Waals surface area contributed by atoms with Crippen molar-refractivity contribution in [2.75, 3.05) is 11.9 Å². The van der Waals surface area contributed by atoms with Crippen molar-refractivity contribution in [2.45, 2.75) is 25.3 Å². The molecule has 3 aromatic rings. The average Bonchev–Trinajstić information content (AvgIpc) is 3.47. The molecule has 1 saturated heterocycles. The second kappa shape index (κ2) is 6.73. The number of anilines is 1. The molecule has 0 bridgehead atoms. The predicted molar refractivity (Wildman–Crippen MR) is 112 cm³/mol. The molecule has 2 aliphatic rings. The van der Waals surface area contributed by atoms with Gasteiger partial charge in [-0.15, -0.1) is 0 Å². The third-order valence-electron chi connectivity index (χ3n) is 5.88. The fraction of sp³-hybridized carbons (Fsp3) is 0.261. The third kappa shape index (κ3) is 3.12. The maximum absolute atomic E-state index is 12.6. The first-order valence-corrected chi connectivity index (χ1v) is 9.97. The summed E-state index contributed by atoms with van der Waals surface area (Å²) in [4.78, 5) is 38.3. The SMILES string of the molecule is C[C@@]1(C2CC2)NC(=O)N(CC(=O)Nc2ccc(-c3cc4ccccc4o3)cc2)C1=O. The minimum atomic E-state index is -0.883. The van der Waals surface area contributed by atoms with Gasteiger partial charge in [-0.05, 0) is 62.1 Å². The molecule has 7 heteroatoms. The van der Waals surface area contributed by atoms with E-state index in [0.29, 0.717) is 5.69 Å². The molecule has 0 unspecified atom stereocenters. The number of furan rings is 1. The van der Waals surface area contributed by atoms with Crippen LogP contribution in [0.15, 0.2) is 59.0 Å². The quantitative estimate of drug-likeness (QED) is 0.635. The molecule has 152 valence electrons. The smallest absolute Gasteiger partial charge is 0.325 e. The van der Waals surface area contributed by atoms with E-state index in [-0.39, 0.29) is 18.4 Å². The van der Waals surface area contributed by atoms with Gasteiger partial charge in [0.15, 0.2) is 0 Å². The van der Waals surface area contributed by atoms with Crippen LogP contribution < -0.4 is 10.6 Å². The lowest BCUT2D eigenvalue weighted by Crippen LogP contribution is -2.46. The number of nitrogens with zero attached hydrogens (tertiary/aromatic N) is 1. The van der Waals surface area contributed by atoms with Crippen molar-refractivity contribution in [3.63, 3.8) is 0 Å². The molecule has 2 aromatic carbocycles. The number of imide groups is 1. The Hall–Kier alpha value is -3.61. The molecule has 2 fully saturated rings. The maximum atomic E-state index is 12.6. The van der Waals surface area contributed by atoms with E-state index < -0.39 is 17.5 Å². The van der Waals surface area contributed by atoms with Gasteiger partial charge in [-0.3, -0.25) is 14.5 Å². The molecule has 1 aliphatic heterocycles. The van der Waals surface area contributed by atoms with Gasteiger partial charge in [0.1, 0.15) is 23.4 Å². The fourth-order valence-corrected chi connectivity index (χ4v) is 3.98. The Morgan fingerprint density at radius 2 is 1.90 bits per heavy atom. The van der Waals surface area contributed by atoms with Crippen LogP contribution in [-0.2, 0) is 9.59 Å². The van der Waals surface area contributed by atoms with Gasteiger partial charge in [-0.25, -0.2) is 4.79 Å². The van der Waals surface area contributed by atoms with Crippen molar-refractivity contribution in [1.82, 2.24) is 10.2 Å². The van der Waals surface area contributed by atoms with Gasteiger partial charge >= 0.3 is 6.03 Å².